The van der Waals surface area contributed by atoms with Gasteiger partial charge in [-0.2, -0.15) is 4.31 Å². The van der Waals surface area contributed by atoms with Gasteiger partial charge in [-0.25, -0.2) is 12.8 Å². The van der Waals surface area contributed by atoms with Crippen LogP contribution in [0.15, 0.2) is 47.4 Å². The Labute approximate surface area is 148 Å². The highest BCUT2D eigenvalue weighted by Gasteiger charge is 2.27. The van der Waals surface area contributed by atoms with Crippen LogP contribution in [0.4, 0.5) is 4.39 Å². The van der Waals surface area contributed by atoms with Crippen molar-refractivity contribution in [3.8, 4) is 0 Å². The predicted octanol–water partition coefficient (Wildman–Crippen LogP) is 2.81. The minimum absolute atomic E-state index is 0.0436. The number of benzene rings is 2. The number of sulfonamides is 1. The van der Waals surface area contributed by atoms with Crippen LogP contribution in [0, 0.1) is 5.82 Å². The molecule has 0 atom stereocenters. The standard InChI is InChI=1S/C15H13Cl2FN2O3S/c16-10-4-6-11(7-5-10)24(22,23)20(9-15(19)21)8-12-13(17)2-1-3-14(12)18/h1-7H,8-9H2,(H2,19,21). The van der Waals surface area contributed by atoms with E-state index in [0.717, 1.165) is 10.4 Å². The molecule has 0 aromatic heterocycles. The molecule has 0 aliphatic heterocycles. The van der Waals surface area contributed by atoms with Crippen LogP contribution in [-0.2, 0) is 21.4 Å². The quantitative estimate of drug-likeness (QED) is 0.823. The molecular weight excluding hydrogens is 378 g/mol. The fourth-order valence-electron chi connectivity index (χ4n) is 2.02. The highest BCUT2D eigenvalue weighted by molar-refractivity contribution is 7.89. The maximum absolute atomic E-state index is 14.0. The minimum Gasteiger partial charge on any atom is -0.369 e. The van der Waals surface area contributed by atoms with Crippen molar-refractivity contribution in [3.05, 3.63) is 63.9 Å². The average molecular weight is 391 g/mol. The van der Waals surface area contributed by atoms with Gasteiger partial charge >= 0.3 is 0 Å². The normalized spacial score (nSPS) is 11.7. The lowest BCUT2D eigenvalue weighted by Gasteiger charge is -2.21. The highest BCUT2D eigenvalue weighted by Crippen LogP contribution is 2.25. The van der Waals surface area contributed by atoms with Crippen molar-refractivity contribution in [3.63, 3.8) is 0 Å². The molecule has 9 heteroatoms. The zero-order valence-corrected chi connectivity index (χ0v) is 14.6. The van der Waals surface area contributed by atoms with E-state index in [0.29, 0.717) is 5.02 Å². The Bertz CT molecular complexity index is 837. The summed E-state index contributed by atoms with van der Waals surface area (Å²) in [7, 11) is -4.10. The molecule has 0 radical (unpaired) electrons. The molecule has 0 bridgehead atoms. The highest BCUT2D eigenvalue weighted by atomic mass is 35.5. The van der Waals surface area contributed by atoms with Gasteiger partial charge in [0.2, 0.25) is 15.9 Å². The molecule has 24 heavy (non-hydrogen) atoms. The number of carbonyl (C=O) groups excluding carboxylic acids is 1. The number of hydrogen-bond donors (Lipinski definition) is 1. The van der Waals surface area contributed by atoms with E-state index in [4.69, 9.17) is 28.9 Å². The first-order valence-electron chi connectivity index (χ1n) is 6.68. The van der Waals surface area contributed by atoms with Crippen LogP contribution in [0.3, 0.4) is 0 Å². The van der Waals surface area contributed by atoms with Crippen LogP contribution in [-0.4, -0.2) is 25.2 Å². The second-order valence-electron chi connectivity index (χ2n) is 4.89. The third-order valence-electron chi connectivity index (χ3n) is 3.18. The van der Waals surface area contributed by atoms with Gasteiger partial charge in [0.05, 0.1) is 11.4 Å². The van der Waals surface area contributed by atoms with E-state index in [9.17, 15) is 17.6 Å². The summed E-state index contributed by atoms with van der Waals surface area (Å²) in [6.07, 6.45) is 0. The first kappa shape index (κ1) is 18.7. The van der Waals surface area contributed by atoms with Gasteiger partial charge in [0.25, 0.3) is 0 Å². The number of halogens is 3. The van der Waals surface area contributed by atoms with Gasteiger partial charge in [-0.3, -0.25) is 4.79 Å². The molecule has 0 unspecified atom stereocenters. The van der Waals surface area contributed by atoms with E-state index in [-0.39, 0.29) is 15.5 Å². The van der Waals surface area contributed by atoms with E-state index in [1.54, 1.807) is 0 Å². The number of rotatable bonds is 6. The van der Waals surface area contributed by atoms with Crippen LogP contribution in [0.2, 0.25) is 10.0 Å². The SMILES string of the molecule is NC(=O)CN(Cc1c(F)cccc1Cl)S(=O)(=O)c1ccc(Cl)cc1. The second-order valence-corrected chi connectivity index (χ2v) is 7.68. The molecule has 0 heterocycles. The maximum Gasteiger partial charge on any atom is 0.243 e. The molecule has 2 aromatic rings. The fraction of sp³-hybridized carbons (Fsp3) is 0.133. The van der Waals surface area contributed by atoms with Crippen LogP contribution >= 0.6 is 23.2 Å². The summed E-state index contributed by atoms with van der Waals surface area (Å²) < 4.78 is 40.2. The van der Waals surface area contributed by atoms with E-state index in [1.165, 1.54) is 36.4 Å². The Balaban J connectivity index is 2.45. The summed E-state index contributed by atoms with van der Waals surface area (Å²) in [5, 5.41) is 0.406. The van der Waals surface area contributed by atoms with E-state index < -0.39 is 34.8 Å². The number of hydrogen-bond acceptors (Lipinski definition) is 3. The number of nitrogens with two attached hydrogens (primary N) is 1. The Morgan fingerprint density at radius 2 is 1.75 bits per heavy atom. The summed E-state index contributed by atoms with van der Waals surface area (Å²) in [6.45, 7) is -1.05. The van der Waals surface area contributed by atoms with Crippen LogP contribution in [0.1, 0.15) is 5.56 Å². The van der Waals surface area contributed by atoms with Crippen molar-refractivity contribution in [2.45, 2.75) is 11.4 Å². The molecule has 2 N–H and O–H groups in total. The zero-order chi connectivity index (χ0) is 17.9. The van der Waals surface area contributed by atoms with Crippen LogP contribution in [0.25, 0.3) is 0 Å². The largest absolute Gasteiger partial charge is 0.369 e. The van der Waals surface area contributed by atoms with Gasteiger partial charge in [-0.15, -0.1) is 0 Å². The molecule has 2 aromatic carbocycles. The van der Waals surface area contributed by atoms with Crippen molar-refractivity contribution in [2.75, 3.05) is 6.54 Å². The van der Waals surface area contributed by atoms with Crippen molar-refractivity contribution in [2.24, 2.45) is 5.73 Å². The van der Waals surface area contributed by atoms with Gasteiger partial charge in [0.1, 0.15) is 5.82 Å². The summed E-state index contributed by atoms with van der Waals surface area (Å²) >= 11 is 11.7. The minimum atomic E-state index is -4.10. The zero-order valence-electron chi connectivity index (χ0n) is 12.2. The molecule has 2 rings (SSSR count). The first-order valence-corrected chi connectivity index (χ1v) is 8.88. The Morgan fingerprint density at radius 3 is 2.29 bits per heavy atom. The Kier molecular flexibility index (Phi) is 5.82. The lowest BCUT2D eigenvalue weighted by Crippen LogP contribution is -2.38. The lowest BCUT2D eigenvalue weighted by atomic mass is 10.2. The van der Waals surface area contributed by atoms with Gasteiger partial charge in [0.15, 0.2) is 0 Å². The van der Waals surface area contributed by atoms with Crippen LogP contribution < -0.4 is 5.73 Å². The topological polar surface area (TPSA) is 80.5 Å². The molecule has 0 spiro atoms. The Morgan fingerprint density at radius 1 is 1.12 bits per heavy atom. The van der Waals surface area contributed by atoms with Gasteiger partial charge in [0, 0.05) is 22.2 Å². The summed E-state index contributed by atoms with van der Waals surface area (Å²) in [5.74, 6) is -1.55. The van der Waals surface area contributed by atoms with Gasteiger partial charge in [-0.05, 0) is 36.4 Å². The lowest BCUT2D eigenvalue weighted by molar-refractivity contribution is -0.118. The van der Waals surface area contributed by atoms with Crippen molar-refractivity contribution in [1.82, 2.24) is 4.31 Å². The maximum atomic E-state index is 14.0. The molecule has 128 valence electrons. The molecule has 0 saturated heterocycles. The number of carbonyl (C=O) groups is 1. The summed E-state index contributed by atoms with van der Waals surface area (Å²) in [5.41, 5.74) is 5.09. The monoisotopic (exact) mass is 390 g/mol. The van der Waals surface area contributed by atoms with Crippen LogP contribution in [0.5, 0.6) is 0 Å². The smallest absolute Gasteiger partial charge is 0.243 e. The summed E-state index contributed by atoms with van der Waals surface area (Å²) in [6, 6.07) is 9.34. The van der Waals surface area contributed by atoms with Crippen molar-refractivity contribution < 1.29 is 17.6 Å². The van der Waals surface area contributed by atoms with Gasteiger partial charge < -0.3 is 5.73 Å². The molecule has 5 nitrogen and oxygen atoms in total. The van der Waals surface area contributed by atoms with Crippen molar-refractivity contribution >= 4 is 39.1 Å². The third kappa shape index (κ3) is 4.24. The van der Waals surface area contributed by atoms with Crippen molar-refractivity contribution in [1.29, 1.82) is 0 Å². The predicted molar refractivity (Wildman–Crippen MR) is 89.7 cm³/mol. The molecule has 0 aliphatic carbocycles. The molecule has 0 aliphatic rings. The molecule has 0 fully saturated rings. The molecular formula is C15H13Cl2FN2O3S. The molecule has 1 amide bonds. The number of amides is 1. The van der Waals surface area contributed by atoms with E-state index in [1.807, 2.05) is 0 Å². The number of nitrogens with zero attached hydrogens (tertiary/aromatic N) is 1. The first-order chi connectivity index (χ1) is 11.2. The third-order valence-corrected chi connectivity index (χ3v) is 5.59. The Hall–Kier alpha value is -1.67. The van der Waals surface area contributed by atoms with Gasteiger partial charge in [-0.1, -0.05) is 29.3 Å². The average Bonchev–Trinajstić information content (AvgIpc) is 2.50. The molecule has 0 saturated carbocycles. The fourth-order valence-corrected chi connectivity index (χ4v) is 3.74. The number of primary amides is 1. The second kappa shape index (κ2) is 7.48. The van der Waals surface area contributed by atoms with E-state index >= 15 is 0 Å². The van der Waals surface area contributed by atoms with E-state index in [2.05, 4.69) is 0 Å². The summed E-state index contributed by atoms with van der Waals surface area (Å²) in [4.78, 5) is 11.2.